The molecule has 3 rings (SSSR count). The molecule has 162 valence electrons. The van der Waals surface area contributed by atoms with E-state index in [0.717, 1.165) is 5.56 Å². The summed E-state index contributed by atoms with van der Waals surface area (Å²) in [5.74, 6) is -2.24. The Morgan fingerprint density at radius 2 is 1.42 bits per heavy atom. The Labute approximate surface area is 185 Å². The van der Waals surface area contributed by atoms with Gasteiger partial charge in [0.2, 0.25) is 0 Å². The van der Waals surface area contributed by atoms with Crippen LogP contribution in [0.1, 0.15) is 30.9 Å². The number of benzene rings is 2. The third kappa shape index (κ3) is 5.52. The molecule has 0 N–H and O–H groups in total. The highest BCUT2D eigenvalue weighted by Crippen LogP contribution is 2.37. The predicted octanol–water partition coefficient (Wildman–Crippen LogP) is 4.97. The molecule has 1 aliphatic heterocycles. The Balaban J connectivity index is 2.06. The van der Waals surface area contributed by atoms with Crippen LogP contribution in [-0.4, -0.2) is 30.1 Å². The standard InChI is InChI=1S/C24H23ClFNO4/c1-3-30-23(28)20-14-27(13-16-5-9-18(25)10-6-16)15-21(24(29)31-4-2)22(20)17-7-11-19(26)12-8-17/h5-12,14-15,22H,3-4,13H2,1-2H3. The number of carbonyl (C=O) groups is 2. The van der Waals surface area contributed by atoms with Gasteiger partial charge < -0.3 is 14.4 Å². The highest BCUT2D eigenvalue weighted by Gasteiger charge is 2.35. The van der Waals surface area contributed by atoms with E-state index in [2.05, 4.69) is 0 Å². The summed E-state index contributed by atoms with van der Waals surface area (Å²) >= 11 is 5.96. The number of esters is 2. The van der Waals surface area contributed by atoms with Gasteiger partial charge in [0.05, 0.1) is 30.3 Å². The fraction of sp³-hybridized carbons (Fsp3) is 0.250. The molecule has 31 heavy (non-hydrogen) atoms. The third-order valence-electron chi connectivity index (χ3n) is 4.74. The lowest BCUT2D eigenvalue weighted by molar-refractivity contribution is -0.139. The average molecular weight is 444 g/mol. The van der Waals surface area contributed by atoms with Crippen LogP contribution in [0.5, 0.6) is 0 Å². The minimum absolute atomic E-state index is 0.182. The number of rotatable bonds is 7. The Morgan fingerprint density at radius 3 is 1.90 bits per heavy atom. The van der Waals surface area contributed by atoms with Crippen LogP contribution in [0.25, 0.3) is 0 Å². The maximum absolute atomic E-state index is 13.5. The molecule has 1 heterocycles. The van der Waals surface area contributed by atoms with Gasteiger partial charge in [0.15, 0.2) is 0 Å². The third-order valence-corrected chi connectivity index (χ3v) is 4.99. The first kappa shape index (κ1) is 22.6. The molecule has 0 atom stereocenters. The van der Waals surface area contributed by atoms with E-state index in [-0.39, 0.29) is 24.4 Å². The van der Waals surface area contributed by atoms with Gasteiger partial charge in [-0.2, -0.15) is 0 Å². The van der Waals surface area contributed by atoms with Gasteiger partial charge in [0.25, 0.3) is 0 Å². The first-order valence-electron chi connectivity index (χ1n) is 9.96. The Hall–Kier alpha value is -3.12. The van der Waals surface area contributed by atoms with E-state index >= 15 is 0 Å². The fourth-order valence-corrected chi connectivity index (χ4v) is 3.51. The molecule has 0 saturated heterocycles. The molecule has 0 aromatic heterocycles. The van der Waals surface area contributed by atoms with Crippen LogP contribution < -0.4 is 0 Å². The summed E-state index contributed by atoms with van der Waals surface area (Å²) in [5, 5.41) is 0.615. The lowest BCUT2D eigenvalue weighted by Gasteiger charge is -2.30. The van der Waals surface area contributed by atoms with Gasteiger partial charge in [0, 0.05) is 24.0 Å². The van der Waals surface area contributed by atoms with E-state index in [9.17, 15) is 14.0 Å². The van der Waals surface area contributed by atoms with Crippen LogP contribution in [0.15, 0.2) is 72.1 Å². The largest absolute Gasteiger partial charge is 0.463 e. The van der Waals surface area contributed by atoms with Gasteiger partial charge in [-0.3, -0.25) is 0 Å². The summed E-state index contributed by atoms with van der Waals surface area (Å²) in [6.45, 7) is 4.19. The maximum Gasteiger partial charge on any atom is 0.336 e. The number of hydrogen-bond acceptors (Lipinski definition) is 5. The summed E-state index contributed by atoms with van der Waals surface area (Å²) < 4.78 is 24.0. The molecule has 0 saturated carbocycles. The van der Waals surface area contributed by atoms with E-state index < -0.39 is 23.7 Å². The second kappa shape index (κ2) is 10.3. The molecule has 0 amide bonds. The number of hydrogen-bond donors (Lipinski definition) is 0. The molecule has 1 aliphatic rings. The van der Waals surface area contributed by atoms with Crippen LogP contribution in [0, 0.1) is 5.82 Å². The molecule has 2 aromatic carbocycles. The van der Waals surface area contributed by atoms with Crippen molar-refractivity contribution in [2.24, 2.45) is 0 Å². The summed E-state index contributed by atoms with van der Waals surface area (Å²) in [6, 6.07) is 13.0. The monoisotopic (exact) mass is 443 g/mol. The van der Waals surface area contributed by atoms with Gasteiger partial charge >= 0.3 is 11.9 Å². The van der Waals surface area contributed by atoms with E-state index in [1.165, 1.54) is 12.1 Å². The Kier molecular flexibility index (Phi) is 7.47. The Bertz CT molecular complexity index is 963. The zero-order valence-electron chi connectivity index (χ0n) is 17.3. The molecule has 0 bridgehead atoms. The average Bonchev–Trinajstić information content (AvgIpc) is 2.76. The highest BCUT2D eigenvalue weighted by atomic mass is 35.5. The summed E-state index contributed by atoms with van der Waals surface area (Å²) in [6.07, 6.45) is 3.31. The van der Waals surface area contributed by atoms with Gasteiger partial charge in [-0.1, -0.05) is 35.9 Å². The molecule has 0 unspecified atom stereocenters. The predicted molar refractivity (Wildman–Crippen MR) is 116 cm³/mol. The van der Waals surface area contributed by atoms with Crippen molar-refractivity contribution in [3.05, 3.63) is 94.0 Å². The van der Waals surface area contributed by atoms with E-state index in [1.54, 1.807) is 55.4 Å². The highest BCUT2D eigenvalue weighted by molar-refractivity contribution is 6.30. The topological polar surface area (TPSA) is 55.8 Å². The van der Waals surface area contributed by atoms with Crippen molar-refractivity contribution in [3.63, 3.8) is 0 Å². The normalized spacial score (nSPS) is 14.0. The number of halogens is 2. The maximum atomic E-state index is 13.5. The molecule has 5 nitrogen and oxygen atoms in total. The molecule has 2 aromatic rings. The van der Waals surface area contributed by atoms with Crippen molar-refractivity contribution < 1.29 is 23.5 Å². The van der Waals surface area contributed by atoms with Gasteiger partial charge in [-0.25, -0.2) is 14.0 Å². The summed E-state index contributed by atoms with van der Waals surface area (Å²) in [4.78, 5) is 27.4. The molecule has 0 aliphatic carbocycles. The molecular formula is C24H23ClFNO4. The van der Waals surface area contributed by atoms with Crippen molar-refractivity contribution in [3.8, 4) is 0 Å². The van der Waals surface area contributed by atoms with Crippen molar-refractivity contribution in [1.29, 1.82) is 0 Å². The number of nitrogens with zero attached hydrogens (tertiary/aromatic N) is 1. The Morgan fingerprint density at radius 1 is 0.903 bits per heavy atom. The summed E-state index contributed by atoms with van der Waals surface area (Å²) in [7, 11) is 0. The number of ether oxygens (including phenoxy) is 2. The fourth-order valence-electron chi connectivity index (χ4n) is 3.39. The van der Waals surface area contributed by atoms with Crippen LogP contribution in [0.4, 0.5) is 4.39 Å². The van der Waals surface area contributed by atoms with E-state index in [4.69, 9.17) is 21.1 Å². The van der Waals surface area contributed by atoms with E-state index in [1.807, 2.05) is 12.1 Å². The van der Waals surface area contributed by atoms with Crippen molar-refractivity contribution in [2.45, 2.75) is 26.3 Å². The molecule has 7 heteroatoms. The quantitative estimate of drug-likeness (QED) is 0.565. The van der Waals surface area contributed by atoms with Crippen molar-refractivity contribution in [1.82, 2.24) is 4.90 Å². The number of carbonyl (C=O) groups excluding carboxylic acids is 2. The van der Waals surface area contributed by atoms with Gasteiger partial charge in [-0.15, -0.1) is 0 Å². The van der Waals surface area contributed by atoms with Gasteiger partial charge in [-0.05, 0) is 49.2 Å². The summed E-state index contributed by atoms with van der Waals surface area (Å²) in [5.41, 5.74) is 2.07. The smallest absolute Gasteiger partial charge is 0.336 e. The lowest BCUT2D eigenvalue weighted by atomic mass is 9.83. The zero-order chi connectivity index (χ0) is 22.4. The first-order chi connectivity index (χ1) is 14.9. The first-order valence-corrected chi connectivity index (χ1v) is 10.3. The minimum Gasteiger partial charge on any atom is -0.463 e. The SMILES string of the molecule is CCOC(=O)C1=CN(Cc2ccc(Cl)cc2)C=C(C(=O)OCC)C1c1ccc(F)cc1. The van der Waals surface area contributed by atoms with E-state index in [0.29, 0.717) is 17.1 Å². The van der Waals surface area contributed by atoms with Crippen LogP contribution >= 0.6 is 11.6 Å². The van der Waals surface area contributed by atoms with Crippen molar-refractivity contribution in [2.75, 3.05) is 13.2 Å². The van der Waals surface area contributed by atoms with Gasteiger partial charge in [0.1, 0.15) is 5.82 Å². The zero-order valence-corrected chi connectivity index (χ0v) is 18.1. The van der Waals surface area contributed by atoms with Crippen LogP contribution in [0.3, 0.4) is 0 Å². The molecule has 0 spiro atoms. The van der Waals surface area contributed by atoms with Crippen LogP contribution in [0.2, 0.25) is 5.02 Å². The molecule has 0 radical (unpaired) electrons. The second-order valence-electron chi connectivity index (χ2n) is 6.89. The minimum atomic E-state index is -0.736. The van der Waals surface area contributed by atoms with Crippen LogP contribution in [-0.2, 0) is 25.6 Å². The van der Waals surface area contributed by atoms with Crippen molar-refractivity contribution >= 4 is 23.5 Å². The lowest BCUT2D eigenvalue weighted by Crippen LogP contribution is -2.29. The molecular weight excluding hydrogens is 421 g/mol. The second-order valence-corrected chi connectivity index (χ2v) is 7.33. The molecule has 0 fully saturated rings.